The van der Waals surface area contributed by atoms with Crippen LogP contribution in [0.2, 0.25) is 5.02 Å². The number of fused-ring (bicyclic) bond motifs is 1. The van der Waals surface area contributed by atoms with Crippen LogP contribution >= 0.6 is 39.3 Å². The molecule has 0 bridgehead atoms. The van der Waals surface area contributed by atoms with Crippen LogP contribution in [0.25, 0.3) is 11.0 Å². The first-order chi connectivity index (χ1) is 10.1. The average molecular weight is 384 g/mol. The molecule has 2 nitrogen and oxygen atoms in total. The van der Waals surface area contributed by atoms with Crippen molar-refractivity contribution in [2.75, 3.05) is 5.75 Å². The number of halogens is 2. The van der Waals surface area contributed by atoms with E-state index in [-0.39, 0.29) is 0 Å². The maximum atomic E-state index is 10.3. The molecule has 2 aromatic carbocycles. The van der Waals surface area contributed by atoms with Crippen LogP contribution in [-0.4, -0.2) is 10.9 Å². The molecule has 0 saturated carbocycles. The van der Waals surface area contributed by atoms with Crippen LogP contribution in [0, 0.1) is 0 Å². The molecular weight excluding hydrogens is 372 g/mol. The Hall–Kier alpha value is -0.940. The molecule has 0 amide bonds. The molecular formula is C16H12BrClO2S. The Morgan fingerprint density at radius 2 is 2.00 bits per heavy atom. The largest absolute Gasteiger partial charge is 0.457 e. The predicted octanol–water partition coefficient (Wildman–Crippen LogP) is 5.67. The number of hydrogen-bond donors (Lipinski definition) is 1. The second-order valence-electron chi connectivity index (χ2n) is 4.56. The zero-order valence-electron chi connectivity index (χ0n) is 10.9. The average Bonchev–Trinajstić information content (AvgIpc) is 2.92. The lowest BCUT2D eigenvalue weighted by Crippen LogP contribution is -1.98. The van der Waals surface area contributed by atoms with E-state index in [1.54, 1.807) is 17.8 Å². The molecule has 1 unspecified atom stereocenters. The van der Waals surface area contributed by atoms with Gasteiger partial charge in [0.2, 0.25) is 0 Å². The van der Waals surface area contributed by atoms with E-state index >= 15 is 0 Å². The first-order valence-electron chi connectivity index (χ1n) is 6.38. The van der Waals surface area contributed by atoms with Crippen molar-refractivity contribution in [1.29, 1.82) is 0 Å². The quantitative estimate of drug-likeness (QED) is 0.589. The zero-order chi connectivity index (χ0) is 14.8. The van der Waals surface area contributed by atoms with Crippen molar-refractivity contribution < 1.29 is 9.52 Å². The van der Waals surface area contributed by atoms with Gasteiger partial charge in [0.15, 0.2) is 5.58 Å². The van der Waals surface area contributed by atoms with Gasteiger partial charge in [-0.25, -0.2) is 0 Å². The van der Waals surface area contributed by atoms with E-state index in [0.717, 1.165) is 14.8 Å². The van der Waals surface area contributed by atoms with E-state index in [1.165, 1.54) is 0 Å². The van der Waals surface area contributed by atoms with E-state index in [4.69, 9.17) is 16.0 Å². The normalized spacial score (nSPS) is 12.7. The van der Waals surface area contributed by atoms with Crippen molar-refractivity contribution in [3.8, 4) is 0 Å². The van der Waals surface area contributed by atoms with Gasteiger partial charge in [-0.2, -0.15) is 0 Å². The van der Waals surface area contributed by atoms with Crippen molar-refractivity contribution in [2.24, 2.45) is 0 Å². The van der Waals surface area contributed by atoms with Crippen LogP contribution in [0.5, 0.6) is 0 Å². The van der Waals surface area contributed by atoms with Crippen molar-refractivity contribution in [1.82, 2.24) is 0 Å². The highest BCUT2D eigenvalue weighted by molar-refractivity contribution is 9.10. The second kappa shape index (κ2) is 6.44. The van der Waals surface area contributed by atoms with E-state index in [1.807, 2.05) is 42.5 Å². The Balaban J connectivity index is 1.76. The fourth-order valence-electron chi connectivity index (χ4n) is 2.02. The van der Waals surface area contributed by atoms with Crippen molar-refractivity contribution in [2.45, 2.75) is 11.0 Å². The summed E-state index contributed by atoms with van der Waals surface area (Å²) in [7, 11) is 0. The number of aliphatic hydroxyl groups excluding tert-OH is 1. The van der Waals surface area contributed by atoms with Gasteiger partial charge >= 0.3 is 0 Å². The molecule has 21 heavy (non-hydrogen) atoms. The lowest BCUT2D eigenvalue weighted by molar-refractivity contribution is 0.177. The maximum Gasteiger partial charge on any atom is 0.152 e. The number of furan rings is 1. The minimum absolute atomic E-state index is 0.514. The number of aliphatic hydroxyl groups is 1. The van der Waals surface area contributed by atoms with Crippen LogP contribution in [-0.2, 0) is 0 Å². The first-order valence-corrected chi connectivity index (χ1v) is 8.54. The van der Waals surface area contributed by atoms with Gasteiger partial charge in [-0.1, -0.05) is 35.9 Å². The molecule has 0 aliphatic carbocycles. The first kappa shape index (κ1) is 15.0. The molecule has 0 aliphatic heterocycles. The second-order valence-corrected chi connectivity index (χ2v) is 6.89. The van der Waals surface area contributed by atoms with Gasteiger partial charge in [-0.05, 0) is 40.2 Å². The smallest absolute Gasteiger partial charge is 0.152 e. The monoisotopic (exact) mass is 382 g/mol. The SMILES string of the molecule is OC(CSc1ccccc1Br)c1cc2cccc(Cl)c2o1. The highest BCUT2D eigenvalue weighted by Crippen LogP contribution is 2.33. The predicted molar refractivity (Wildman–Crippen MR) is 91.0 cm³/mol. The summed E-state index contributed by atoms with van der Waals surface area (Å²) in [4.78, 5) is 1.09. The van der Waals surface area contributed by atoms with Gasteiger partial charge in [0.25, 0.3) is 0 Å². The molecule has 0 spiro atoms. The van der Waals surface area contributed by atoms with Gasteiger partial charge in [-0.3, -0.25) is 0 Å². The Bertz CT molecular complexity index is 772. The number of para-hydroxylation sites is 1. The summed E-state index contributed by atoms with van der Waals surface area (Å²) in [5.41, 5.74) is 0.624. The Labute approximate surface area is 140 Å². The molecule has 0 saturated heterocycles. The van der Waals surface area contributed by atoms with E-state index in [0.29, 0.717) is 22.1 Å². The molecule has 3 rings (SSSR count). The summed E-state index contributed by atoms with van der Waals surface area (Å²) in [6.45, 7) is 0. The van der Waals surface area contributed by atoms with Gasteiger partial charge < -0.3 is 9.52 Å². The third kappa shape index (κ3) is 3.29. The Morgan fingerprint density at radius 1 is 1.19 bits per heavy atom. The molecule has 108 valence electrons. The third-order valence-electron chi connectivity index (χ3n) is 3.08. The highest BCUT2D eigenvalue weighted by atomic mass is 79.9. The standard InChI is InChI=1S/C16H12BrClO2S/c17-11-5-1-2-7-15(11)21-9-13(19)14-8-10-4-3-6-12(18)16(10)20-14/h1-8,13,19H,9H2. The topological polar surface area (TPSA) is 33.4 Å². The van der Waals surface area contributed by atoms with E-state index in [2.05, 4.69) is 15.9 Å². The molecule has 3 aromatic rings. The summed E-state index contributed by atoms with van der Waals surface area (Å²) in [6, 6.07) is 15.3. The highest BCUT2D eigenvalue weighted by Gasteiger charge is 2.15. The lowest BCUT2D eigenvalue weighted by Gasteiger charge is -2.08. The van der Waals surface area contributed by atoms with E-state index < -0.39 is 6.10 Å². The lowest BCUT2D eigenvalue weighted by atomic mass is 10.2. The van der Waals surface area contributed by atoms with Gasteiger partial charge in [0.05, 0.1) is 5.02 Å². The molecule has 1 atom stereocenters. The summed E-state index contributed by atoms with van der Waals surface area (Å²) in [5.74, 6) is 1.05. The zero-order valence-corrected chi connectivity index (χ0v) is 14.1. The molecule has 0 radical (unpaired) electrons. The number of benzene rings is 2. The van der Waals surface area contributed by atoms with Gasteiger partial charge in [-0.15, -0.1) is 11.8 Å². The van der Waals surface area contributed by atoms with Gasteiger partial charge in [0.1, 0.15) is 11.9 Å². The van der Waals surface area contributed by atoms with Crippen LogP contribution in [0.15, 0.2) is 62.3 Å². The molecule has 5 heteroatoms. The molecule has 1 heterocycles. The van der Waals surface area contributed by atoms with Crippen molar-refractivity contribution >= 4 is 50.3 Å². The van der Waals surface area contributed by atoms with Crippen molar-refractivity contribution in [3.63, 3.8) is 0 Å². The minimum Gasteiger partial charge on any atom is -0.457 e. The third-order valence-corrected chi connectivity index (χ3v) is 5.48. The van der Waals surface area contributed by atoms with Crippen molar-refractivity contribution in [3.05, 3.63) is 63.8 Å². The van der Waals surface area contributed by atoms with E-state index in [9.17, 15) is 5.11 Å². The fraction of sp³-hybridized carbons (Fsp3) is 0.125. The van der Waals surface area contributed by atoms with Crippen LogP contribution in [0.4, 0.5) is 0 Å². The fourth-order valence-corrected chi connectivity index (χ4v) is 3.76. The number of rotatable bonds is 4. The summed E-state index contributed by atoms with van der Waals surface area (Å²) in [6.07, 6.45) is -0.675. The summed E-state index contributed by atoms with van der Waals surface area (Å²) >= 11 is 11.2. The van der Waals surface area contributed by atoms with Gasteiger partial charge in [0, 0.05) is 20.5 Å². The summed E-state index contributed by atoms with van der Waals surface area (Å²) < 4.78 is 6.70. The van der Waals surface area contributed by atoms with Crippen LogP contribution in [0.3, 0.4) is 0 Å². The maximum absolute atomic E-state index is 10.3. The Kier molecular flexibility index (Phi) is 4.60. The van der Waals surface area contributed by atoms with Crippen LogP contribution in [0.1, 0.15) is 11.9 Å². The molecule has 0 aliphatic rings. The minimum atomic E-state index is -0.675. The number of hydrogen-bond acceptors (Lipinski definition) is 3. The molecule has 0 fully saturated rings. The molecule has 1 aromatic heterocycles. The summed E-state index contributed by atoms with van der Waals surface area (Å²) in [5, 5.41) is 11.8. The number of thioether (sulfide) groups is 1. The van der Waals surface area contributed by atoms with Crippen LogP contribution < -0.4 is 0 Å². The Morgan fingerprint density at radius 3 is 2.76 bits per heavy atom. The molecule has 1 N–H and O–H groups in total.